The standard InChI is InChI=1S/C17H13Cl2N3O4S/c1-3-9-22-17-13(20-7-8-21-17)14(23)16(27(22,24)25)12-10(18)5-6-11(19)15(12)26-4-2/h1,5-8,23H,4,9H2,2H3. The first-order valence-corrected chi connectivity index (χ1v) is 9.86. The number of benzene rings is 1. The number of ether oxygens (including phenoxy) is 1. The van der Waals surface area contributed by atoms with Crippen LogP contribution in [0, 0.1) is 12.3 Å². The summed E-state index contributed by atoms with van der Waals surface area (Å²) < 4.78 is 32.9. The zero-order valence-corrected chi connectivity index (χ0v) is 16.3. The van der Waals surface area contributed by atoms with Crippen LogP contribution in [-0.2, 0) is 10.0 Å². The number of fused-ring (bicyclic) bond motifs is 1. The van der Waals surface area contributed by atoms with Crippen LogP contribution in [0.4, 0.5) is 5.82 Å². The number of aliphatic hydroxyl groups excluding tert-OH is 1. The number of rotatable bonds is 4. The number of hydrogen-bond acceptors (Lipinski definition) is 6. The summed E-state index contributed by atoms with van der Waals surface area (Å²) in [7, 11) is -4.33. The second-order valence-electron chi connectivity index (χ2n) is 5.29. The molecule has 1 aromatic carbocycles. The fraction of sp³-hybridized carbons (Fsp3) is 0.176. The Hall–Kier alpha value is -2.47. The number of aliphatic hydroxyl groups is 1. The quantitative estimate of drug-likeness (QED) is 0.754. The van der Waals surface area contributed by atoms with Crippen LogP contribution in [0.1, 0.15) is 18.2 Å². The van der Waals surface area contributed by atoms with Gasteiger partial charge in [0.2, 0.25) is 0 Å². The van der Waals surface area contributed by atoms with Crippen LogP contribution < -0.4 is 9.04 Å². The van der Waals surface area contributed by atoms with Crippen molar-refractivity contribution in [2.24, 2.45) is 0 Å². The number of terminal acetylenes is 1. The van der Waals surface area contributed by atoms with Gasteiger partial charge in [0.1, 0.15) is 16.3 Å². The van der Waals surface area contributed by atoms with Crippen molar-refractivity contribution in [3.05, 3.63) is 45.8 Å². The molecule has 0 saturated heterocycles. The molecule has 1 aromatic heterocycles. The van der Waals surface area contributed by atoms with Gasteiger partial charge in [0.25, 0.3) is 10.0 Å². The van der Waals surface area contributed by atoms with E-state index in [0.29, 0.717) is 0 Å². The van der Waals surface area contributed by atoms with Crippen molar-refractivity contribution in [2.45, 2.75) is 6.92 Å². The molecule has 0 spiro atoms. The molecule has 1 N–H and O–H groups in total. The van der Waals surface area contributed by atoms with Gasteiger partial charge < -0.3 is 9.84 Å². The van der Waals surface area contributed by atoms with Gasteiger partial charge in [-0.3, -0.25) is 0 Å². The van der Waals surface area contributed by atoms with Gasteiger partial charge in [-0.05, 0) is 19.1 Å². The summed E-state index contributed by atoms with van der Waals surface area (Å²) in [4.78, 5) is 7.54. The first-order valence-electron chi connectivity index (χ1n) is 7.66. The maximum Gasteiger partial charge on any atom is 0.271 e. The van der Waals surface area contributed by atoms with Crippen LogP contribution in [0.5, 0.6) is 5.75 Å². The zero-order chi connectivity index (χ0) is 19.8. The molecule has 0 unspecified atom stereocenters. The first kappa shape index (κ1) is 19.3. The lowest BCUT2D eigenvalue weighted by atomic mass is 10.1. The van der Waals surface area contributed by atoms with Gasteiger partial charge in [0.05, 0.1) is 28.8 Å². The number of halogens is 2. The Labute approximate surface area is 166 Å². The van der Waals surface area contributed by atoms with Crippen molar-refractivity contribution in [1.29, 1.82) is 0 Å². The van der Waals surface area contributed by atoms with Gasteiger partial charge in [-0.25, -0.2) is 22.7 Å². The fourth-order valence-electron chi connectivity index (χ4n) is 2.65. The van der Waals surface area contributed by atoms with Crippen molar-refractivity contribution in [2.75, 3.05) is 17.5 Å². The number of sulfonamides is 1. The maximum atomic E-state index is 13.3. The van der Waals surface area contributed by atoms with Crippen LogP contribution in [0.15, 0.2) is 24.5 Å². The molecule has 0 saturated carbocycles. The Morgan fingerprint density at radius 3 is 2.59 bits per heavy atom. The molecule has 2 aromatic rings. The third kappa shape index (κ3) is 3.08. The van der Waals surface area contributed by atoms with E-state index in [0.717, 1.165) is 4.31 Å². The Morgan fingerprint density at radius 2 is 1.93 bits per heavy atom. The molecule has 0 amide bonds. The van der Waals surface area contributed by atoms with E-state index in [-0.39, 0.29) is 46.0 Å². The molecular weight excluding hydrogens is 413 g/mol. The molecule has 27 heavy (non-hydrogen) atoms. The van der Waals surface area contributed by atoms with Gasteiger partial charge in [0, 0.05) is 12.4 Å². The minimum atomic E-state index is -4.33. The highest BCUT2D eigenvalue weighted by Gasteiger charge is 2.42. The summed E-state index contributed by atoms with van der Waals surface area (Å²) in [5, 5.41) is 10.9. The van der Waals surface area contributed by atoms with Gasteiger partial charge >= 0.3 is 0 Å². The second-order valence-corrected chi connectivity index (χ2v) is 7.90. The summed E-state index contributed by atoms with van der Waals surface area (Å²) in [6.07, 6.45) is 7.95. The zero-order valence-electron chi connectivity index (χ0n) is 14.0. The van der Waals surface area contributed by atoms with Crippen LogP contribution in [0.2, 0.25) is 10.0 Å². The SMILES string of the molecule is C#CCN1c2nccnc2C(O)=C(c2c(Cl)ccc(Cl)c2OCC)S1(=O)=O. The average molecular weight is 426 g/mol. The Balaban J connectivity index is 2.43. The summed E-state index contributed by atoms with van der Waals surface area (Å²) in [5.41, 5.74) is -0.113. The average Bonchev–Trinajstić information content (AvgIpc) is 2.64. The molecule has 2 heterocycles. The van der Waals surface area contributed by atoms with Crippen molar-refractivity contribution in [3.63, 3.8) is 0 Å². The Bertz CT molecular complexity index is 1090. The van der Waals surface area contributed by atoms with Gasteiger partial charge in [0.15, 0.2) is 11.6 Å². The third-order valence-electron chi connectivity index (χ3n) is 3.71. The van der Waals surface area contributed by atoms with Gasteiger partial charge in [-0.2, -0.15) is 0 Å². The molecule has 3 rings (SSSR count). The number of aromatic nitrogens is 2. The largest absolute Gasteiger partial charge is 0.504 e. The minimum absolute atomic E-state index is 0.0287. The van der Waals surface area contributed by atoms with Crippen molar-refractivity contribution < 1.29 is 18.3 Å². The highest BCUT2D eigenvalue weighted by molar-refractivity contribution is 8.02. The van der Waals surface area contributed by atoms with Crippen LogP contribution in [0.25, 0.3) is 10.7 Å². The van der Waals surface area contributed by atoms with Gasteiger partial charge in [-0.15, -0.1) is 6.42 Å². The minimum Gasteiger partial charge on any atom is -0.504 e. The van der Waals surface area contributed by atoms with E-state index in [1.54, 1.807) is 6.92 Å². The van der Waals surface area contributed by atoms with E-state index >= 15 is 0 Å². The van der Waals surface area contributed by atoms with E-state index in [2.05, 4.69) is 15.9 Å². The second kappa shape index (κ2) is 7.27. The number of nitrogens with zero attached hydrogens (tertiary/aromatic N) is 3. The molecule has 7 nitrogen and oxygen atoms in total. The van der Waals surface area contributed by atoms with Crippen LogP contribution in [0.3, 0.4) is 0 Å². The smallest absolute Gasteiger partial charge is 0.271 e. The predicted molar refractivity (Wildman–Crippen MR) is 104 cm³/mol. The molecule has 0 aliphatic carbocycles. The lowest BCUT2D eigenvalue weighted by Crippen LogP contribution is -2.37. The summed E-state index contributed by atoms with van der Waals surface area (Å²) >= 11 is 12.5. The van der Waals surface area contributed by atoms with Crippen molar-refractivity contribution in [1.82, 2.24) is 9.97 Å². The molecule has 1 aliphatic rings. The van der Waals surface area contributed by atoms with Crippen molar-refractivity contribution in [3.8, 4) is 18.1 Å². The van der Waals surface area contributed by atoms with E-state index in [1.165, 1.54) is 24.5 Å². The number of anilines is 1. The lowest BCUT2D eigenvalue weighted by molar-refractivity contribution is 0.339. The highest BCUT2D eigenvalue weighted by Crippen LogP contribution is 2.47. The molecule has 0 fully saturated rings. The highest BCUT2D eigenvalue weighted by atomic mass is 35.5. The molecule has 140 valence electrons. The normalized spacial score (nSPS) is 15.3. The summed E-state index contributed by atoms with van der Waals surface area (Å²) in [6.45, 7) is 1.59. The molecule has 1 aliphatic heterocycles. The van der Waals surface area contributed by atoms with E-state index in [9.17, 15) is 13.5 Å². The Kier molecular flexibility index (Phi) is 5.20. The van der Waals surface area contributed by atoms with Crippen LogP contribution in [-0.4, -0.2) is 36.6 Å². The van der Waals surface area contributed by atoms with E-state index in [1.807, 2.05) is 0 Å². The monoisotopic (exact) mass is 425 g/mol. The number of hydrogen-bond donors (Lipinski definition) is 1. The third-order valence-corrected chi connectivity index (χ3v) is 6.12. The first-order chi connectivity index (χ1) is 12.8. The Morgan fingerprint density at radius 1 is 1.26 bits per heavy atom. The predicted octanol–water partition coefficient (Wildman–Crippen LogP) is 3.35. The molecule has 0 radical (unpaired) electrons. The topological polar surface area (TPSA) is 92.6 Å². The lowest BCUT2D eigenvalue weighted by Gasteiger charge is -2.29. The molecular formula is C17H13Cl2N3O4S. The van der Waals surface area contributed by atoms with Crippen molar-refractivity contribution >= 4 is 49.7 Å². The molecule has 0 atom stereocenters. The van der Waals surface area contributed by atoms with Crippen LogP contribution >= 0.6 is 23.2 Å². The maximum absolute atomic E-state index is 13.3. The summed E-state index contributed by atoms with van der Waals surface area (Å²) in [5.74, 6) is 1.61. The summed E-state index contributed by atoms with van der Waals surface area (Å²) in [6, 6.07) is 2.88. The van der Waals surface area contributed by atoms with Gasteiger partial charge in [-0.1, -0.05) is 29.1 Å². The van der Waals surface area contributed by atoms with E-state index in [4.69, 9.17) is 34.4 Å². The van der Waals surface area contributed by atoms with E-state index < -0.39 is 20.7 Å². The molecule has 10 heteroatoms. The molecule has 0 bridgehead atoms. The fourth-order valence-corrected chi connectivity index (χ4v) is 4.79.